The third kappa shape index (κ3) is 4.15. The van der Waals surface area contributed by atoms with E-state index >= 15 is 0 Å². The van der Waals surface area contributed by atoms with Gasteiger partial charge in [0.05, 0.1) is 0 Å². The largest absolute Gasteiger partial charge is 0.336 e. The first kappa shape index (κ1) is 15.6. The van der Waals surface area contributed by atoms with Crippen molar-refractivity contribution in [2.24, 2.45) is 5.92 Å². The zero-order valence-corrected chi connectivity index (χ0v) is 13.3. The highest BCUT2D eigenvalue weighted by atomic mass is 16.2. The molecule has 0 aliphatic carbocycles. The molecule has 6 nitrogen and oxygen atoms in total. The summed E-state index contributed by atoms with van der Waals surface area (Å²) in [6.07, 6.45) is 1.92. The van der Waals surface area contributed by atoms with Crippen LogP contribution in [0.1, 0.15) is 18.4 Å². The molecule has 3 rings (SSSR count). The second kappa shape index (κ2) is 7.35. The molecule has 124 valence electrons. The number of hydrogen-bond donors (Lipinski definition) is 2. The van der Waals surface area contributed by atoms with Gasteiger partial charge in [0.1, 0.15) is 0 Å². The third-order valence-corrected chi connectivity index (χ3v) is 4.61. The van der Waals surface area contributed by atoms with Gasteiger partial charge in [0.15, 0.2) is 0 Å². The molecule has 23 heavy (non-hydrogen) atoms. The van der Waals surface area contributed by atoms with Crippen LogP contribution in [0.5, 0.6) is 0 Å². The van der Waals surface area contributed by atoms with E-state index < -0.39 is 0 Å². The van der Waals surface area contributed by atoms with Crippen molar-refractivity contribution < 1.29 is 9.59 Å². The lowest BCUT2D eigenvalue weighted by Crippen LogP contribution is -2.46. The monoisotopic (exact) mass is 316 g/mol. The molecule has 0 radical (unpaired) electrons. The summed E-state index contributed by atoms with van der Waals surface area (Å²) in [5, 5.41) is 5.81. The van der Waals surface area contributed by atoms with Gasteiger partial charge in [0.25, 0.3) is 0 Å². The Morgan fingerprint density at radius 2 is 1.91 bits per heavy atom. The zero-order chi connectivity index (χ0) is 16.1. The van der Waals surface area contributed by atoms with Crippen LogP contribution in [0.25, 0.3) is 0 Å². The van der Waals surface area contributed by atoms with Crippen molar-refractivity contribution in [2.45, 2.75) is 19.4 Å². The van der Waals surface area contributed by atoms with Crippen molar-refractivity contribution in [3.8, 4) is 0 Å². The minimum absolute atomic E-state index is 0.00576. The fourth-order valence-electron chi connectivity index (χ4n) is 3.20. The molecule has 0 spiro atoms. The Balaban J connectivity index is 1.39. The maximum Gasteiger partial charge on any atom is 0.317 e. The van der Waals surface area contributed by atoms with E-state index in [9.17, 15) is 9.59 Å². The number of carbonyl (C=O) groups is 2. The van der Waals surface area contributed by atoms with Crippen LogP contribution >= 0.6 is 0 Å². The normalized spacial score (nSPS) is 18.9. The van der Waals surface area contributed by atoms with Crippen molar-refractivity contribution in [2.75, 3.05) is 32.7 Å². The zero-order valence-electron chi connectivity index (χ0n) is 13.3. The molecule has 0 aromatic heterocycles. The molecule has 0 unspecified atom stereocenters. The number of nitrogens with one attached hydrogen (secondary N) is 2. The SMILES string of the molecule is O=C(NCc1ccccc1)N1CCC(CN2CCNC2=O)CC1. The van der Waals surface area contributed by atoms with Gasteiger partial charge in [0.2, 0.25) is 0 Å². The number of amides is 4. The van der Waals surface area contributed by atoms with Gasteiger partial charge in [-0.3, -0.25) is 0 Å². The first-order valence-corrected chi connectivity index (χ1v) is 8.32. The topological polar surface area (TPSA) is 64.7 Å². The third-order valence-electron chi connectivity index (χ3n) is 4.61. The summed E-state index contributed by atoms with van der Waals surface area (Å²) in [6.45, 7) is 4.45. The second-order valence-electron chi connectivity index (χ2n) is 6.25. The van der Waals surface area contributed by atoms with E-state index in [1.807, 2.05) is 40.1 Å². The summed E-state index contributed by atoms with van der Waals surface area (Å²) in [5.41, 5.74) is 1.11. The van der Waals surface area contributed by atoms with Gasteiger partial charge < -0.3 is 20.4 Å². The Morgan fingerprint density at radius 1 is 1.17 bits per heavy atom. The van der Waals surface area contributed by atoms with E-state index in [2.05, 4.69) is 10.6 Å². The molecular formula is C17H24N4O2. The standard InChI is InChI=1S/C17H24N4O2/c22-16-18-8-11-21(16)13-15-6-9-20(10-7-15)17(23)19-12-14-4-2-1-3-5-14/h1-5,15H,6-13H2,(H,18,22)(H,19,23). The quantitative estimate of drug-likeness (QED) is 0.887. The number of urea groups is 2. The van der Waals surface area contributed by atoms with Crippen LogP contribution in [-0.4, -0.2) is 54.6 Å². The number of likely N-dealkylation sites (tertiary alicyclic amines) is 1. The molecule has 2 aliphatic heterocycles. The average molecular weight is 316 g/mol. The highest BCUT2D eigenvalue weighted by Crippen LogP contribution is 2.19. The molecule has 2 N–H and O–H groups in total. The minimum atomic E-state index is 0.00576. The van der Waals surface area contributed by atoms with Gasteiger partial charge in [-0.2, -0.15) is 0 Å². The summed E-state index contributed by atoms with van der Waals surface area (Å²) < 4.78 is 0. The van der Waals surface area contributed by atoms with E-state index in [0.29, 0.717) is 12.5 Å². The Labute approximate surface area is 136 Å². The number of piperidine rings is 1. The van der Waals surface area contributed by atoms with E-state index in [1.165, 1.54) is 0 Å². The predicted molar refractivity (Wildman–Crippen MR) is 87.9 cm³/mol. The van der Waals surface area contributed by atoms with Gasteiger partial charge in [-0.1, -0.05) is 30.3 Å². The number of rotatable bonds is 4. The Hall–Kier alpha value is -2.24. The van der Waals surface area contributed by atoms with Crippen LogP contribution in [-0.2, 0) is 6.54 Å². The average Bonchev–Trinajstić information content (AvgIpc) is 2.99. The molecule has 0 atom stereocenters. The van der Waals surface area contributed by atoms with Gasteiger partial charge >= 0.3 is 12.1 Å². The first-order chi connectivity index (χ1) is 11.2. The smallest absolute Gasteiger partial charge is 0.317 e. The highest BCUT2D eigenvalue weighted by Gasteiger charge is 2.27. The molecule has 2 aliphatic rings. The molecule has 1 aromatic carbocycles. The van der Waals surface area contributed by atoms with Gasteiger partial charge in [-0.15, -0.1) is 0 Å². The molecule has 4 amide bonds. The fraction of sp³-hybridized carbons (Fsp3) is 0.529. The van der Waals surface area contributed by atoms with Crippen molar-refractivity contribution in [3.63, 3.8) is 0 Å². The van der Waals surface area contributed by atoms with Crippen LogP contribution < -0.4 is 10.6 Å². The first-order valence-electron chi connectivity index (χ1n) is 8.32. The summed E-state index contributed by atoms with van der Waals surface area (Å²) in [7, 11) is 0. The van der Waals surface area contributed by atoms with E-state index in [1.54, 1.807) is 0 Å². The van der Waals surface area contributed by atoms with Gasteiger partial charge in [-0.25, -0.2) is 9.59 Å². The fourth-order valence-corrected chi connectivity index (χ4v) is 3.20. The maximum absolute atomic E-state index is 12.2. The molecule has 2 saturated heterocycles. The van der Waals surface area contributed by atoms with Gasteiger partial charge in [0, 0.05) is 39.3 Å². The van der Waals surface area contributed by atoms with Crippen molar-refractivity contribution in [3.05, 3.63) is 35.9 Å². The number of hydrogen-bond acceptors (Lipinski definition) is 2. The molecule has 0 saturated carbocycles. The van der Waals surface area contributed by atoms with E-state index in [4.69, 9.17) is 0 Å². The van der Waals surface area contributed by atoms with Crippen LogP contribution in [0.3, 0.4) is 0 Å². The Bertz CT molecular complexity index is 541. The van der Waals surface area contributed by atoms with Crippen LogP contribution in [0.4, 0.5) is 9.59 Å². The molecule has 2 heterocycles. The summed E-state index contributed by atoms with van der Waals surface area (Å²) >= 11 is 0. The van der Waals surface area contributed by atoms with Crippen LogP contribution in [0.15, 0.2) is 30.3 Å². The van der Waals surface area contributed by atoms with Crippen molar-refractivity contribution in [1.29, 1.82) is 0 Å². The lowest BCUT2D eigenvalue weighted by atomic mass is 9.96. The van der Waals surface area contributed by atoms with E-state index in [0.717, 1.165) is 51.1 Å². The van der Waals surface area contributed by atoms with Crippen LogP contribution in [0, 0.1) is 5.92 Å². The van der Waals surface area contributed by atoms with Crippen molar-refractivity contribution >= 4 is 12.1 Å². The molecule has 6 heteroatoms. The number of nitrogens with zero attached hydrogens (tertiary/aromatic N) is 2. The Kier molecular flexibility index (Phi) is 5.00. The molecular weight excluding hydrogens is 292 g/mol. The maximum atomic E-state index is 12.2. The lowest BCUT2D eigenvalue weighted by molar-refractivity contribution is 0.155. The Morgan fingerprint density at radius 3 is 2.57 bits per heavy atom. The predicted octanol–water partition coefficient (Wildman–Crippen LogP) is 1.63. The van der Waals surface area contributed by atoms with Crippen molar-refractivity contribution in [1.82, 2.24) is 20.4 Å². The second-order valence-corrected chi connectivity index (χ2v) is 6.25. The minimum Gasteiger partial charge on any atom is -0.336 e. The van der Waals surface area contributed by atoms with Crippen LogP contribution in [0.2, 0.25) is 0 Å². The lowest BCUT2D eigenvalue weighted by Gasteiger charge is -2.33. The number of carbonyl (C=O) groups excluding carboxylic acids is 2. The summed E-state index contributed by atoms with van der Waals surface area (Å²) in [6, 6.07) is 9.99. The summed E-state index contributed by atoms with van der Waals surface area (Å²) in [5.74, 6) is 0.497. The highest BCUT2D eigenvalue weighted by molar-refractivity contribution is 5.76. The molecule has 2 fully saturated rings. The van der Waals surface area contributed by atoms with Gasteiger partial charge in [-0.05, 0) is 24.3 Å². The number of benzene rings is 1. The molecule has 1 aromatic rings. The molecule has 0 bridgehead atoms. The van der Waals surface area contributed by atoms with E-state index in [-0.39, 0.29) is 12.1 Å². The summed E-state index contributed by atoms with van der Waals surface area (Å²) in [4.78, 5) is 27.6.